The van der Waals surface area contributed by atoms with Crippen LogP contribution in [-0.4, -0.2) is 19.3 Å². The van der Waals surface area contributed by atoms with Gasteiger partial charge in [-0.05, 0) is 13.3 Å². The molecule has 3 heteroatoms. The lowest BCUT2D eigenvalue weighted by Gasteiger charge is -2.23. The molecule has 0 amide bonds. The smallest absolute Gasteiger partial charge is 0.0746 e. The number of nitrogens with one attached hydrogen (secondary N) is 1. The first kappa shape index (κ1) is 12.4. The number of ether oxygens (including phenoxy) is 1. The van der Waals surface area contributed by atoms with Crippen LogP contribution in [0.15, 0.2) is 0 Å². The molecule has 3 N–H and O–H groups in total. The minimum atomic E-state index is 0.136. The van der Waals surface area contributed by atoms with Gasteiger partial charge in [-0.3, -0.25) is 11.3 Å². The first-order valence-electron chi connectivity index (χ1n) is 4.68. The zero-order valence-electron chi connectivity index (χ0n) is 8.76. The molecule has 3 nitrogen and oxygen atoms in total. The van der Waals surface area contributed by atoms with Crippen molar-refractivity contribution in [3.05, 3.63) is 0 Å². The Morgan fingerprint density at radius 2 is 2.23 bits per heavy atom. The molecule has 0 fully saturated rings. The van der Waals surface area contributed by atoms with Crippen LogP contribution in [0, 0.1) is 11.8 Å². The summed E-state index contributed by atoms with van der Waals surface area (Å²) in [5.41, 5.74) is 2.75. The summed E-state index contributed by atoms with van der Waals surface area (Å²) in [7, 11) is 1.71. The molecule has 0 bridgehead atoms. The highest BCUT2D eigenvalue weighted by atomic mass is 16.5. The van der Waals surface area contributed by atoms with Crippen molar-refractivity contribution < 1.29 is 4.74 Å². The fraction of sp³-hybridized carbons (Fsp3) is 0.800. The van der Waals surface area contributed by atoms with Crippen molar-refractivity contribution in [1.29, 1.82) is 0 Å². The molecule has 2 atom stereocenters. The van der Waals surface area contributed by atoms with Crippen molar-refractivity contribution in [2.75, 3.05) is 7.11 Å². The number of hydrogen-bond donors (Lipinski definition) is 2. The minimum absolute atomic E-state index is 0.136. The van der Waals surface area contributed by atoms with Crippen LogP contribution in [0.1, 0.15) is 33.1 Å². The zero-order valence-corrected chi connectivity index (χ0v) is 8.76. The molecular weight excluding hydrogens is 164 g/mol. The van der Waals surface area contributed by atoms with E-state index in [1.807, 2.05) is 6.92 Å². The lowest BCUT2D eigenvalue weighted by Crippen LogP contribution is -2.44. The predicted octanol–water partition coefficient (Wildman–Crippen LogP) is 1.05. The van der Waals surface area contributed by atoms with Gasteiger partial charge in [-0.15, -0.1) is 11.8 Å². The first-order chi connectivity index (χ1) is 6.29. The van der Waals surface area contributed by atoms with Gasteiger partial charge >= 0.3 is 0 Å². The molecule has 0 spiro atoms. The van der Waals surface area contributed by atoms with Gasteiger partial charge in [0.15, 0.2) is 0 Å². The van der Waals surface area contributed by atoms with E-state index in [4.69, 9.17) is 10.6 Å². The molecule has 0 saturated heterocycles. The fourth-order valence-electron chi connectivity index (χ4n) is 1.28. The Morgan fingerprint density at radius 1 is 1.54 bits per heavy atom. The second-order valence-electron chi connectivity index (χ2n) is 2.97. The van der Waals surface area contributed by atoms with Crippen molar-refractivity contribution >= 4 is 0 Å². The number of rotatable bonds is 6. The van der Waals surface area contributed by atoms with Gasteiger partial charge in [-0.2, -0.15) is 0 Å². The summed E-state index contributed by atoms with van der Waals surface area (Å²) >= 11 is 0. The summed E-state index contributed by atoms with van der Waals surface area (Å²) in [6, 6.07) is 0.136. The third-order valence-corrected chi connectivity index (χ3v) is 2.04. The number of nitrogens with two attached hydrogens (primary N) is 1. The second-order valence-corrected chi connectivity index (χ2v) is 2.97. The monoisotopic (exact) mass is 184 g/mol. The fourth-order valence-corrected chi connectivity index (χ4v) is 1.28. The molecule has 0 heterocycles. The Morgan fingerprint density at radius 3 is 2.62 bits per heavy atom. The van der Waals surface area contributed by atoms with Gasteiger partial charge < -0.3 is 4.74 Å². The third-order valence-electron chi connectivity index (χ3n) is 2.04. The van der Waals surface area contributed by atoms with E-state index in [0.29, 0.717) is 0 Å². The molecule has 13 heavy (non-hydrogen) atoms. The Balaban J connectivity index is 4.04. The quantitative estimate of drug-likeness (QED) is 0.368. The van der Waals surface area contributed by atoms with Crippen molar-refractivity contribution in [2.24, 2.45) is 5.84 Å². The molecular formula is C10H20N2O. The highest BCUT2D eigenvalue weighted by Gasteiger charge is 2.17. The summed E-state index contributed by atoms with van der Waals surface area (Å²) < 4.78 is 5.33. The van der Waals surface area contributed by atoms with E-state index < -0.39 is 0 Å². The molecule has 0 radical (unpaired) electrons. The van der Waals surface area contributed by atoms with Crippen LogP contribution in [-0.2, 0) is 4.74 Å². The standard InChI is InChI=1S/C10H20N2O/c1-4-6-8-9(12-11)10(13-3)7-5-2/h9-10,12H,5,7-8,11H2,1-3H3. The van der Waals surface area contributed by atoms with Crippen LogP contribution in [0.25, 0.3) is 0 Å². The number of hydrazine groups is 1. The van der Waals surface area contributed by atoms with Crippen molar-refractivity contribution in [2.45, 2.75) is 45.3 Å². The van der Waals surface area contributed by atoms with Gasteiger partial charge in [0.2, 0.25) is 0 Å². The Kier molecular flexibility index (Phi) is 7.71. The van der Waals surface area contributed by atoms with Gasteiger partial charge in [0.05, 0.1) is 12.1 Å². The van der Waals surface area contributed by atoms with E-state index in [2.05, 4.69) is 24.2 Å². The second kappa shape index (κ2) is 8.06. The van der Waals surface area contributed by atoms with Crippen LogP contribution in [0.4, 0.5) is 0 Å². The van der Waals surface area contributed by atoms with Gasteiger partial charge in [0.25, 0.3) is 0 Å². The van der Waals surface area contributed by atoms with E-state index in [-0.39, 0.29) is 12.1 Å². The lowest BCUT2D eigenvalue weighted by atomic mass is 10.0. The molecule has 76 valence electrons. The van der Waals surface area contributed by atoms with E-state index in [1.165, 1.54) is 0 Å². The molecule has 0 aliphatic heterocycles. The first-order valence-corrected chi connectivity index (χ1v) is 4.68. The normalized spacial score (nSPS) is 14.5. The molecule has 2 unspecified atom stereocenters. The van der Waals surface area contributed by atoms with Crippen LogP contribution in [0.3, 0.4) is 0 Å². The lowest BCUT2D eigenvalue weighted by molar-refractivity contribution is 0.0624. The van der Waals surface area contributed by atoms with Crippen molar-refractivity contribution in [1.82, 2.24) is 5.43 Å². The highest BCUT2D eigenvalue weighted by molar-refractivity contribution is 4.99. The molecule has 0 aliphatic carbocycles. The summed E-state index contributed by atoms with van der Waals surface area (Å²) in [6.45, 7) is 3.96. The average Bonchev–Trinajstić information content (AvgIpc) is 2.17. The van der Waals surface area contributed by atoms with Gasteiger partial charge in [-0.1, -0.05) is 13.3 Å². The zero-order chi connectivity index (χ0) is 10.1. The topological polar surface area (TPSA) is 47.3 Å². The van der Waals surface area contributed by atoms with E-state index in [9.17, 15) is 0 Å². The molecule has 0 saturated carbocycles. The maximum Gasteiger partial charge on any atom is 0.0746 e. The number of hydrogen-bond acceptors (Lipinski definition) is 3. The minimum Gasteiger partial charge on any atom is -0.380 e. The molecule has 0 aromatic heterocycles. The highest BCUT2D eigenvalue weighted by Crippen LogP contribution is 2.08. The van der Waals surface area contributed by atoms with Crippen LogP contribution in [0.2, 0.25) is 0 Å². The molecule has 0 aromatic carbocycles. The predicted molar refractivity (Wildman–Crippen MR) is 54.9 cm³/mol. The third kappa shape index (κ3) is 4.89. The van der Waals surface area contributed by atoms with Crippen LogP contribution in [0.5, 0.6) is 0 Å². The SMILES string of the molecule is CC#CCC(NN)C(CCC)OC. The summed E-state index contributed by atoms with van der Waals surface area (Å²) in [4.78, 5) is 0. The van der Waals surface area contributed by atoms with Gasteiger partial charge in [0, 0.05) is 13.5 Å². The van der Waals surface area contributed by atoms with E-state index >= 15 is 0 Å². The maximum absolute atomic E-state index is 5.42. The van der Waals surface area contributed by atoms with Gasteiger partial charge in [-0.25, -0.2) is 0 Å². The van der Waals surface area contributed by atoms with E-state index in [0.717, 1.165) is 19.3 Å². The maximum atomic E-state index is 5.42. The number of methoxy groups -OCH3 is 1. The van der Waals surface area contributed by atoms with Crippen molar-refractivity contribution in [3.63, 3.8) is 0 Å². The largest absolute Gasteiger partial charge is 0.380 e. The van der Waals surface area contributed by atoms with Gasteiger partial charge in [0.1, 0.15) is 0 Å². The summed E-state index contributed by atoms with van der Waals surface area (Å²) in [6.07, 6.45) is 3.01. The summed E-state index contributed by atoms with van der Waals surface area (Å²) in [5, 5.41) is 0. The molecule has 0 aliphatic rings. The summed E-state index contributed by atoms with van der Waals surface area (Å²) in [5.74, 6) is 11.3. The Hall–Kier alpha value is -0.560. The van der Waals surface area contributed by atoms with E-state index in [1.54, 1.807) is 7.11 Å². The Labute approximate surface area is 81.0 Å². The Bertz CT molecular complexity index is 171. The molecule has 0 rings (SSSR count). The van der Waals surface area contributed by atoms with Crippen LogP contribution >= 0.6 is 0 Å². The van der Waals surface area contributed by atoms with Crippen LogP contribution < -0.4 is 11.3 Å². The average molecular weight is 184 g/mol. The van der Waals surface area contributed by atoms with Crippen molar-refractivity contribution in [3.8, 4) is 11.8 Å². The molecule has 0 aromatic rings.